The van der Waals surface area contributed by atoms with Gasteiger partial charge in [-0.15, -0.1) is 0 Å². The predicted octanol–water partition coefficient (Wildman–Crippen LogP) is 0.856. The second kappa shape index (κ2) is 4.20. The molecule has 1 aromatic heterocycles. The molecule has 5 heteroatoms. The van der Waals surface area contributed by atoms with E-state index in [0.717, 1.165) is 28.9 Å². The average molecular weight is 303 g/mol. The monoisotopic (exact) mass is 303 g/mol. The highest BCUT2D eigenvalue weighted by Crippen LogP contribution is 2.09. The molecule has 1 aliphatic heterocycles. The van der Waals surface area contributed by atoms with Crippen LogP contribution < -0.4 is 0 Å². The van der Waals surface area contributed by atoms with Crippen molar-refractivity contribution >= 4 is 28.5 Å². The predicted molar refractivity (Wildman–Crippen MR) is 59.7 cm³/mol. The number of hydrogen-bond acceptors (Lipinski definition) is 3. The van der Waals surface area contributed by atoms with E-state index >= 15 is 0 Å². The molecule has 1 aliphatic rings. The number of aromatic nitrogens is 2. The molecular formula is C9H10IN3O. The third-order valence-electron chi connectivity index (χ3n) is 2.20. The molecule has 14 heavy (non-hydrogen) atoms. The first kappa shape index (κ1) is 9.82. The van der Waals surface area contributed by atoms with Crippen LogP contribution in [0.25, 0.3) is 0 Å². The van der Waals surface area contributed by atoms with Crippen molar-refractivity contribution in [3.8, 4) is 0 Å². The Labute approximate surface area is 95.9 Å². The molecule has 1 aromatic rings. The van der Waals surface area contributed by atoms with Crippen LogP contribution in [0.4, 0.5) is 0 Å². The van der Waals surface area contributed by atoms with E-state index in [4.69, 9.17) is 0 Å². The molecule has 0 spiro atoms. The molecule has 74 valence electrons. The summed E-state index contributed by atoms with van der Waals surface area (Å²) in [6, 6.07) is 0. The van der Waals surface area contributed by atoms with Crippen molar-refractivity contribution in [3.05, 3.63) is 21.8 Å². The van der Waals surface area contributed by atoms with Gasteiger partial charge in [0.1, 0.15) is 3.70 Å². The van der Waals surface area contributed by atoms with Crippen LogP contribution >= 0.6 is 22.6 Å². The number of halogens is 1. The highest BCUT2D eigenvalue weighted by molar-refractivity contribution is 14.1. The topological polar surface area (TPSA) is 46.1 Å². The van der Waals surface area contributed by atoms with Gasteiger partial charge in [-0.25, -0.2) is 4.98 Å². The highest BCUT2D eigenvalue weighted by atomic mass is 127. The smallest absolute Gasteiger partial charge is 0.228 e. The lowest BCUT2D eigenvalue weighted by molar-refractivity contribution is -0.133. The zero-order valence-corrected chi connectivity index (χ0v) is 9.77. The third-order valence-corrected chi connectivity index (χ3v) is 2.72. The number of hydrogen-bond donors (Lipinski definition) is 0. The van der Waals surface area contributed by atoms with Crippen LogP contribution in [0.1, 0.15) is 12.1 Å². The van der Waals surface area contributed by atoms with Crippen molar-refractivity contribution in [2.75, 3.05) is 13.1 Å². The van der Waals surface area contributed by atoms with Gasteiger partial charge in [-0.3, -0.25) is 9.78 Å². The Balaban J connectivity index is 1.99. The molecule has 0 atom stereocenters. The maximum absolute atomic E-state index is 11.6. The van der Waals surface area contributed by atoms with E-state index in [1.165, 1.54) is 0 Å². The molecule has 0 unspecified atom stereocenters. The largest absolute Gasteiger partial charge is 0.342 e. The Morgan fingerprint density at radius 1 is 1.50 bits per heavy atom. The number of carbonyl (C=O) groups is 1. The van der Waals surface area contributed by atoms with Gasteiger partial charge in [0.25, 0.3) is 0 Å². The highest BCUT2D eigenvalue weighted by Gasteiger charge is 2.20. The summed E-state index contributed by atoms with van der Waals surface area (Å²) in [6.07, 6.45) is 4.84. The first-order chi connectivity index (χ1) is 6.75. The molecule has 0 radical (unpaired) electrons. The second-order valence-corrected chi connectivity index (χ2v) is 4.35. The Hall–Kier alpha value is -0.720. The van der Waals surface area contributed by atoms with Gasteiger partial charge in [0.05, 0.1) is 18.3 Å². The van der Waals surface area contributed by atoms with E-state index in [2.05, 4.69) is 32.6 Å². The van der Waals surface area contributed by atoms with Gasteiger partial charge in [0.15, 0.2) is 0 Å². The summed E-state index contributed by atoms with van der Waals surface area (Å²) >= 11 is 2.09. The van der Waals surface area contributed by atoms with E-state index in [-0.39, 0.29) is 5.91 Å². The zero-order valence-electron chi connectivity index (χ0n) is 7.61. The summed E-state index contributed by atoms with van der Waals surface area (Å²) in [5, 5.41) is 0. The molecule has 1 fully saturated rings. The fourth-order valence-corrected chi connectivity index (χ4v) is 1.77. The minimum atomic E-state index is 0.160. The van der Waals surface area contributed by atoms with Crippen molar-refractivity contribution in [1.82, 2.24) is 14.9 Å². The molecule has 1 amide bonds. The summed E-state index contributed by atoms with van der Waals surface area (Å²) in [6.45, 7) is 1.80. The number of nitrogens with zero attached hydrogens (tertiary/aromatic N) is 3. The van der Waals surface area contributed by atoms with E-state index in [1.807, 2.05) is 4.90 Å². The van der Waals surface area contributed by atoms with Gasteiger partial charge in [-0.05, 0) is 29.0 Å². The SMILES string of the molecule is O=C(Cc1cncc(I)n1)N1CCC1. The van der Waals surface area contributed by atoms with Gasteiger partial charge in [-0.1, -0.05) is 0 Å². The zero-order chi connectivity index (χ0) is 9.97. The lowest BCUT2D eigenvalue weighted by Crippen LogP contribution is -2.42. The normalized spacial score (nSPS) is 15.1. The van der Waals surface area contributed by atoms with Crippen molar-refractivity contribution in [2.24, 2.45) is 0 Å². The van der Waals surface area contributed by atoms with Crippen LogP contribution in [0.2, 0.25) is 0 Å². The van der Waals surface area contributed by atoms with Gasteiger partial charge >= 0.3 is 0 Å². The standard InChI is InChI=1S/C9H10IN3O/c10-8-6-11-5-7(12-8)4-9(14)13-2-1-3-13/h5-6H,1-4H2. The average Bonchev–Trinajstić information content (AvgIpc) is 1.99. The van der Waals surface area contributed by atoms with Crippen molar-refractivity contribution < 1.29 is 4.79 Å². The van der Waals surface area contributed by atoms with Crippen molar-refractivity contribution in [2.45, 2.75) is 12.8 Å². The minimum absolute atomic E-state index is 0.160. The van der Waals surface area contributed by atoms with Gasteiger partial charge in [0, 0.05) is 19.3 Å². The van der Waals surface area contributed by atoms with Crippen LogP contribution in [-0.2, 0) is 11.2 Å². The van der Waals surface area contributed by atoms with E-state index < -0.39 is 0 Å². The lowest BCUT2D eigenvalue weighted by atomic mass is 10.2. The number of likely N-dealkylation sites (tertiary alicyclic amines) is 1. The maximum Gasteiger partial charge on any atom is 0.228 e. The van der Waals surface area contributed by atoms with Gasteiger partial charge in [-0.2, -0.15) is 0 Å². The molecular weight excluding hydrogens is 293 g/mol. The Bertz CT molecular complexity index is 352. The summed E-state index contributed by atoms with van der Waals surface area (Å²) in [5.41, 5.74) is 0.758. The molecule has 0 bridgehead atoms. The first-order valence-electron chi connectivity index (χ1n) is 4.50. The van der Waals surface area contributed by atoms with Crippen LogP contribution in [0.3, 0.4) is 0 Å². The van der Waals surface area contributed by atoms with Crippen LogP contribution in [-0.4, -0.2) is 33.9 Å². The van der Waals surface area contributed by atoms with Crippen LogP contribution in [0.15, 0.2) is 12.4 Å². The lowest BCUT2D eigenvalue weighted by Gasteiger charge is -2.30. The third kappa shape index (κ3) is 2.20. The second-order valence-electron chi connectivity index (χ2n) is 3.24. The Morgan fingerprint density at radius 3 is 2.86 bits per heavy atom. The summed E-state index contributed by atoms with van der Waals surface area (Å²) < 4.78 is 0.830. The number of amides is 1. The van der Waals surface area contributed by atoms with E-state index in [1.54, 1.807) is 12.4 Å². The molecule has 0 aromatic carbocycles. The Kier molecular flexibility index (Phi) is 2.95. The van der Waals surface area contributed by atoms with Crippen LogP contribution in [0.5, 0.6) is 0 Å². The molecule has 0 N–H and O–H groups in total. The summed E-state index contributed by atoms with van der Waals surface area (Å²) in [5.74, 6) is 0.160. The molecule has 2 heterocycles. The van der Waals surface area contributed by atoms with Crippen LogP contribution in [0, 0.1) is 3.70 Å². The number of rotatable bonds is 2. The van der Waals surface area contributed by atoms with Crippen molar-refractivity contribution in [1.29, 1.82) is 0 Å². The quantitative estimate of drug-likeness (QED) is 0.761. The van der Waals surface area contributed by atoms with E-state index in [9.17, 15) is 4.79 Å². The summed E-state index contributed by atoms with van der Waals surface area (Å²) in [4.78, 5) is 21.6. The van der Waals surface area contributed by atoms with Gasteiger partial charge in [0.2, 0.25) is 5.91 Å². The molecule has 0 aliphatic carbocycles. The fourth-order valence-electron chi connectivity index (χ4n) is 1.30. The van der Waals surface area contributed by atoms with Gasteiger partial charge < -0.3 is 4.90 Å². The summed E-state index contributed by atoms with van der Waals surface area (Å²) in [7, 11) is 0. The first-order valence-corrected chi connectivity index (χ1v) is 5.58. The fraction of sp³-hybridized carbons (Fsp3) is 0.444. The van der Waals surface area contributed by atoms with Crippen molar-refractivity contribution in [3.63, 3.8) is 0 Å². The number of carbonyl (C=O) groups excluding carboxylic acids is 1. The Morgan fingerprint density at radius 2 is 2.29 bits per heavy atom. The molecule has 0 saturated carbocycles. The molecule has 4 nitrogen and oxygen atoms in total. The minimum Gasteiger partial charge on any atom is -0.342 e. The maximum atomic E-state index is 11.6. The van der Waals surface area contributed by atoms with E-state index in [0.29, 0.717) is 6.42 Å². The molecule has 1 saturated heterocycles. The molecule has 2 rings (SSSR count).